The molecule has 2 aromatic carbocycles. The second kappa shape index (κ2) is 8.80. The zero-order chi connectivity index (χ0) is 20.1. The van der Waals surface area contributed by atoms with Gasteiger partial charge in [0.15, 0.2) is 5.11 Å². The van der Waals surface area contributed by atoms with Crippen LogP contribution in [-0.2, 0) is 6.54 Å². The highest BCUT2D eigenvalue weighted by atomic mass is 32.1. The van der Waals surface area contributed by atoms with Gasteiger partial charge in [-0.25, -0.2) is 4.39 Å². The molecule has 3 aromatic rings. The smallest absolute Gasteiger partial charge is 0.191 e. The van der Waals surface area contributed by atoms with Crippen molar-refractivity contribution in [1.82, 2.24) is 9.99 Å². The Morgan fingerprint density at radius 1 is 1.11 bits per heavy atom. The Morgan fingerprint density at radius 2 is 1.82 bits per heavy atom. The summed E-state index contributed by atoms with van der Waals surface area (Å²) in [6, 6.07) is 14.8. The quantitative estimate of drug-likeness (QED) is 0.367. The minimum absolute atomic E-state index is 0.216. The van der Waals surface area contributed by atoms with Gasteiger partial charge in [-0.1, -0.05) is 35.9 Å². The molecule has 144 valence electrons. The number of anilines is 1. The van der Waals surface area contributed by atoms with Crippen LogP contribution in [0.4, 0.5) is 10.1 Å². The number of nitrogens with zero attached hydrogens (tertiary/aromatic N) is 2. The fourth-order valence-corrected chi connectivity index (χ4v) is 3.33. The van der Waals surface area contributed by atoms with E-state index < -0.39 is 0 Å². The predicted molar refractivity (Wildman–Crippen MR) is 118 cm³/mol. The van der Waals surface area contributed by atoms with Gasteiger partial charge in [0.05, 0.1) is 18.5 Å². The van der Waals surface area contributed by atoms with E-state index in [1.54, 1.807) is 18.3 Å². The van der Waals surface area contributed by atoms with Crippen LogP contribution in [0.15, 0.2) is 59.8 Å². The molecule has 0 saturated carbocycles. The second-order valence-corrected chi connectivity index (χ2v) is 7.16. The van der Waals surface area contributed by atoms with Crippen molar-refractivity contribution < 1.29 is 4.39 Å². The predicted octanol–water partition coefficient (Wildman–Crippen LogP) is 4.92. The van der Waals surface area contributed by atoms with Crippen LogP contribution in [0.1, 0.15) is 27.9 Å². The molecule has 6 heteroatoms. The van der Waals surface area contributed by atoms with E-state index in [0.29, 0.717) is 17.2 Å². The molecule has 1 aromatic heterocycles. The van der Waals surface area contributed by atoms with Crippen LogP contribution in [-0.4, -0.2) is 15.9 Å². The van der Waals surface area contributed by atoms with Gasteiger partial charge in [0.2, 0.25) is 0 Å². The fraction of sp³-hybridized carbons (Fsp3) is 0.182. The van der Waals surface area contributed by atoms with Gasteiger partial charge >= 0.3 is 0 Å². The number of rotatable bonds is 5. The van der Waals surface area contributed by atoms with Crippen LogP contribution in [0, 0.1) is 26.6 Å². The van der Waals surface area contributed by atoms with Gasteiger partial charge in [-0.2, -0.15) is 5.10 Å². The molecule has 0 fully saturated rings. The van der Waals surface area contributed by atoms with E-state index in [1.807, 2.05) is 42.8 Å². The van der Waals surface area contributed by atoms with E-state index in [-0.39, 0.29) is 5.82 Å². The lowest BCUT2D eigenvalue weighted by atomic mass is 10.1. The molecule has 0 radical (unpaired) electrons. The Labute approximate surface area is 170 Å². The first-order valence-electron chi connectivity index (χ1n) is 9.00. The first kappa shape index (κ1) is 19.8. The zero-order valence-electron chi connectivity index (χ0n) is 16.2. The summed E-state index contributed by atoms with van der Waals surface area (Å²) in [5.41, 5.74) is 8.78. The van der Waals surface area contributed by atoms with E-state index in [0.717, 1.165) is 22.5 Å². The van der Waals surface area contributed by atoms with Crippen molar-refractivity contribution in [3.8, 4) is 0 Å². The summed E-state index contributed by atoms with van der Waals surface area (Å²) in [7, 11) is 0. The van der Waals surface area contributed by atoms with Crippen molar-refractivity contribution in [3.05, 3.63) is 88.5 Å². The topological polar surface area (TPSA) is 41.4 Å². The zero-order valence-corrected chi connectivity index (χ0v) is 17.0. The van der Waals surface area contributed by atoms with E-state index in [4.69, 9.17) is 12.2 Å². The Kier molecular flexibility index (Phi) is 6.21. The molecule has 0 aliphatic heterocycles. The van der Waals surface area contributed by atoms with Crippen LogP contribution in [0.3, 0.4) is 0 Å². The third-order valence-corrected chi connectivity index (χ3v) is 4.63. The number of hydrazone groups is 1. The first-order chi connectivity index (χ1) is 13.4. The standard InChI is InChI=1S/C22H23FN4S/c1-15-11-16(2)21(17(3)12-15)25-22(28)26-24-13-19-8-6-10-27(19)14-18-7-4-5-9-20(18)23/h4-13H,14H2,1-3H3,(H2,25,26,28)/b24-13-. The average molecular weight is 395 g/mol. The van der Waals surface area contributed by atoms with Gasteiger partial charge in [0, 0.05) is 17.4 Å². The molecule has 0 atom stereocenters. The third-order valence-electron chi connectivity index (χ3n) is 4.44. The van der Waals surface area contributed by atoms with Crippen molar-refractivity contribution in [2.45, 2.75) is 27.3 Å². The summed E-state index contributed by atoms with van der Waals surface area (Å²) >= 11 is 5.35. The van der Waals surface area contributed by atoms with Gasteiger partial charge in [-0.3, -0.25) is 5.43 Å². The Bertz CT molecular complexity index is 1000. The first-order valence-corrected chi connectivity index (χ1v) is 9.41. The van der Waals surface area contributed by atoms with E-state index >= 15 is 0 Å². The SMILES string of the molecule is Cc1cc(C)c(NC(=S)N/N=C\c2cccn2Cc2ccccc2F)c(C)c1. The molecule has 0 spiro atoms. The fourth-order valence-electron chi connectivity index (χ4n) is 3.17. The van der Waals surface area contributed by atoms with E-state index in [2.05, 4.69) is 34.9 Å². The molecule has 28 heavy (non-hydrogen) atoms. The van der Waals surface area contributed by atoms with Crippen LogP contribution in [0.5, 0.6) is 0 Å². The summed E-state index contributed by atoms with van der Waals surface area (Å²) < 4.78 is 15.8. The lowest BCUT2D eigenvalue weighted by Crippen LogP contribution is -2.25. The summed E-state index contributed by atoms with van der Waals surface area (Å²) in [4.78, 5) is 0. The highest BCUT2D eigenvalue weighted by Gasteiger charge is 2.06. The highest BCUT2D eigenvalue weighted by Crippen LogP contribution is 2.21. The molecule has 0 saturated heterocycles. The van der Waals surface area contributed by atoms with Gasteiger partial charge in [-0.15, -0.1) is 0 Å². The van der Waals surface area contributed by atoms with Gasteiger partial charge < -0.3 is 9.88 Å². The molecule has 4 nitrogen and oxygen atoms in total. The maximum Gasteiger partial charge on any atom is 0.191 e. The molecule has 1 heterocycles. The Balaban J connectivity index is 1.64. The van der Waals surface area contributed by atoms with Crippen molar-refractivity contribution in [2.24, 2.45) is 5.10 Å². The molecule has 0 amide bonds. The van der Waals surface area contributed by atoms with Crippen LogP contribution in [0.2, 0.25) is 0 Å². The highest BCUT2D eigenvalue weighted by molar-refractivity contribution is 7.80. The lowest BCUT2D eigenvalue weighted by Gasteiger charge is -2.14. The van der Waals surface area contributed by atoms with Gasteiger partial charge in [-0.05, 0) is 62.3 Å². The number of hydrogen-bond acceptors (Lipinski definition) is 2. The number of halogens is 1. The summed E-state index contributed by atoms with van der Waals surface area (Å²) in [5.74, 6) is -0.216. The Hall–Kier alpha value is -2.99. The minimum atomic E-state index is -0.216. The van der Waals surface area contributed by atoms with Crippen molar-refractivity contribution in [3.63, 3.8) is 0 Å². The molecular weight excluding hydrogens is 371 g/mol. The number of aryl methyl sites for hydroxylation is 3. The number of benzene rings is 2. The lowest BCUT2D eigenvalue weighted by molar-refractivity contribution is 0.599. The van der Waals surface area contributed by atoms with Crippen molar-refractivity contribution >= 4 is 29.2 Å². The van der Waals surface area contributed by atoms with Crippen LogP contribution < -0.4 is 10.7 Å². The van der Waals surface area contributed by atoms with Crippen LogP contribution in [0.25, 0.3) is 0 Å². The summed E-state index contributed by atoms with van der Waals surface area (Å²) in [5, 5.41) is 7.83. The van der Waals surface area contributed by atoms with Crippen molar-refractivity contribution in [1.29, 1.82) is 0 Å². The maximum atomic E-state index is 13.9. The van der Waals surface area contributed by atoms with E-state index in [9.17, 15) is 4.39 Å². The monoisotopic (exact) mass is 394 g/mol. The largest absolute Gasteiger partial charge is 0.342 e. The maximum absolute atomic E-state index is 13.9. The number of aromatic nitrogens is 1. The normalized spacial score (nSPS) is 11.0. The molecule has 0 unspecified atom stereocenters. The molecule has 3 rings (SSSR count). The van der Waals surface area contributed by atoms with Crippen molar-refractivity contribution in [2.75, 3.05) is 5.32 Å². The number of thiocarbonyl (C=S) groups is 1. The second-order valence-electron chi connectivity index (χ2n) is 6.75. The summed E-state index contributed by atoms with van der Waals surface area (Å²) in [6.07, 6.45) is 3.56. The summed E-state index contributed by atoms with van der Waals surface area (Å²) in [6.45, 7) is 6.60. The molecular formula is C22H23FN4S. The third kappa shape index (κ3) is 4.84. The van der Waals surface area contributed by atoms with Gasteiger partial charge in [0.25, 0.3) is 0 Å². The minimum Gasteiger partial charge on any atom is -0.342 e. The number of hydrogen-bond donors (Lipinski definition) is 2. The Morgan fingerprint density at radius 3 is 2.54 bits per heavy atom. The number of nitrogens with one attached hydrogen (secondary N) is 2. The van der Waals surface area contributed by atoms with Crippen LogP contribution >= 0.6 is 12.2 Å². The van der Waals surface area contributed by atoms with E-state index in [1.165, 1.54) is 11.6 Å². The molecule has 0 aliphatic carbocycles. The molecule has 2 N–H and O–H groups in total. The average Bonchev–Trinajstić information content (AvgIpc) is 3.07. The molecule has 0 aliphatic rings. The van der Waals surface area contributed by atoms with Gasteiger partial charge in [0.1, 0.15) is 5.82 Å². The molecule has 0 bridgehead atoms.